The molecule has 2 aliphatic carbocycles. The number of nitrogens with two attached hydrogens (primary N) is 1. The van der Waals surface area contributed by atoms with Gasteiger partial charge < -0.3 is 11.1 Å². The summed E-state index contributed by atoms with van der Waals surface area (Å²) in [5.74, 6) is 2.57. The monoisotopic (exact) mass is 266 g/mol. The van der Waals surface area contributed by atoms with Crippen LogP contribution in [0.1, 0.15) is 58.8 Å². The highest BCUT2D eigenvalue weighted by Crippen LogP contribution is 2.29. The number of nitrogens with one attached hydrogen (secondary N) is 1. The Balaban J connectivity index is 1.69. The maximum Gasteiger partial charge on any atom is 0.223 e. The van der Waals surface area contributed by atoms with E-state index in [2.05, 4.69) is 19.2 Å². The number of amides is 1. The van der Waals surface area contributed by atoms with E-state index in [4.69, 9.17) is 5.73 Å². The molecular weight excluding hydrogens is 236 g/mol. The van der Waals surface area contributed by atoms with Crippen molar-refractivity contribution >= 4 is 5.91 Å². The molecule has 110 valence electrons. The van der Waals surface area contributed by atoms with Crippen molar-refractivity contribution < 1.29 is 4.79 Å². The molecule has 0 aliphatic heterocycles. The van der Waals surface area contributed by atoms with Crippen molar-refractivity contribution in [3.63, 3.8) is 0 Å². The van der Waals surface area contributed by atoms with Crippen LogP contribution in [-0.2, 0) is 4.79 Å². The first-order valence-corrected chi connectivity index (χ1v) is 8.09. The van der Waals surface area contributed by atoms with Gasteiger partial charge in [0.05, 0.1) is 0 Å². The molecule has 3 N–H and O–H groups in total. The van der Waals surface area contributed by atoms with Crippen LogP contribution in [0.5, 0.6) is 0 Å². The second-order valence-electron chi connectivity index (χ2n) is 7.02. The van der Waals surface area contributed by atoms with Gasteiger partial charge in [0.15, 0.2) is 0 Å². The molecule has 0 bridgehead atoms. The summed E-state index contributed by atoms with van der Waals surface area (Å²) in [6.07, 6.45) is 8.20. The van der Waals surface area contributed by atoms with E-state index in [0.29, 0.717) is 11.8 Å². The molecule has 3 atom stereocenters. The van der Waals surface area contributed by atoms with E-state index in [1.165, 1.54) is 25.7 Å². The Morgan fingerprint density at radius 2 is 1.79 bits per heavy atom. The van der Waals surface area contributed by atoms with Gasteiger partial charge in [-0.3, -0.25) is 4.79 Å². The van der Waals surface area contributed by atoms with Crippen LogP contribution in [0, 0.1) is 23.7 Å². The maximum absolute atomic E-state index is 12.2. The molecule has 3 nitrogen and oxygen atoms in total. The third-order valence-corrected chi connectivity index (χ3v) is 5.33. The van der Waals surface area contributed by atoms with Gasteiger partial charge in [-0.05, 0) is 49.9 Å². The van der Waals surface area contributed by atoms with Crippen LogP contribution in [0.2, 0.25) is 0 Å². The highest BCUT2D eigenvalue weighted by atomic mass is 16.1. The van der Waals surface area contributed by atoms with Gasteiger partial charge in [0.2, 0.25) is 5.91 Å². The first-order valence-electron chi connectivity index (χ1n) is 8.09. The lowest BCUT2D eigenvalue weighted by Crippen LogP contribution is -2.42. The quantitative estimate of drug-likeness (QED) is 0.825. The van der Waals surface area contributed by atoms with Crippen molar-refractivity contribution in [1.29, 1.82) is 0 Å². The van der Waals surface area contributed by atoms with Gasteiger partial charge in [0, 0.05) is 18.5 Å². The second kappa shape index (κ2) is 6.74. The molecule has 0 radical (unpaired) electrons. The third-order valence-electron chi connectivity index (χ3n) is 5.33. The van der Waals surface area contributed by atoms with E-state index in [1.807, 2.05) is 0 Å². The zero-order chi connectivity index (χ0) is 13.8. The molecule has 0 spiro atoms. The topological polar surface area (TPSA) is 55.1 Å². The minimum absolute atomic E-state index is 0.161. The highest BCUT2D eigenvalue weighted by Gasteiger charge is 2.29. The van der Waals surface area contributed by atoms with Crippen LogP contribution in [0.4, 0.5) is 0 Å². The van der Waals surface area contributed by atoms with E-state index in [9.17, 15) is 4.79 Å². The van der Waals surface area contributed by atoms with E-state index in [-0.39, 0.29) is 17.9 Å². The molecule has 2 fully saturated rings. The lowest BCUT2D eigenvalue weighted by Gasteiger charge is -2.32. The number of hydrogen-bond acceptors (Lipinski definition) is 2. The summed E-state index contributed by atoms with van der Waals surface area (Å²) in [6, 6.07) is 0.208. The van der Waals surface area contributed by atoms with E-state index < -0.39 is 0 Å². The summed E-state index contributed by atoms with van der Waals surface area (Å²) in [4.78, 5) is 12.2. The molecule has 0 aromatic rings. The minimum Gasteiger partial charge on any atom is -0.356 e. The number of carbonyl (C=O) groups excluding carboxylic acids is 1. The molecule has 2 saturated carbocycles. The van der Waals surface area contributed by atoms with Gasteiger partial charge in [-0.15, -0.1) is 0 Å². The molecule has 2 rings (SSSR count). The summed E-state index contributed by atoms with van der Waals surface area (Å²) < 4.78 is 0. The van der Waals surface area contributed by atoms with E-state index >= 15 is 0 Å². The molecule has 2 aliphatic rings. The van der Waals surface area contributed by atoms with Gasteiger partial charge in [0.25, 0.3) is 0 Å². The molecule has 3 heteroatoms. The van der Waals surface area contributed by atoms with Crippen molar-refractivity contribution in [2.45, 2.75) is 64.8 Å². The van der Waals surface area contributed by atoms with Crippen molar-refractivity contribution in [1.82, 2.24) is 5.32 Å². The largest absolute Gasteiger partial charge is 0.356 e. The Hall–Kier alpha value is -0.570. The van der Waals surface area contributed by atoms with Gasteiger partial charge in [-0.1, -0.05) is 26.7 Å². The Bertz CT molecular complexity index is 297. The molecule has 0 saturated heterocycles. The summed E-state index contributed by atoms with van der Waals surface area (Å²) in [6.45, 7) is 5.41. The number of rotatable bonds is 3. The Kier molecular flexibility index (Phi) is 5.26. The maximum atomic E-state index is 12.2. The zero-order valence-corrected chi connectivity index (χ0v) is 12.5. The van der Waals surface area contributed by atoms with Crippen LogP contribution < -0.4 is 11.1 Å². The van der Waals surface area contributed by atoms with Gasteiger partial charge in [-0.25, -0.2) is 0 Å². The first-order chi connectivity index (χ1) is 9.06. The predicted molar refractivity (Wildman–Crippen MR) is 78.6 cm³/mol. The fraction of sp³-hybridized carbons (Fsp3) is 0.938. The fourth-order valence-electron chi connectivity index (χ4n) is 3.52. The van der Waals surface area contributed by atoms with Crippen LogP contribution in [0.25, 0.3) is 0 Å². The Labute approximate surface area is 117 Å². The SMILES string of the molecule is CC1CCC(CNC(=O)C2CCC(C)C(N)C2)CC1. The average Bonchev–Trinajstić information content (AvgIpc) is 2.41. The minimum atomic E-state index is 0.161. The summed E-state index contributed by atoms with van der Waals surface area (Å²) >= 11 is 0. The van der Waals surface area contributed by atoms with E-state index in [0.717, 1.165) is 31.7 Å². The number of hydrogen-bond donors (Lipinski definition) is 2. The van der Waals surface area contributed by atoms with Crippen molar-refractivity contribution in [2.24, 2.45) is 29.4 Å². The molecule has 3 unspecified atom stereocenters. The van der Waals surface area contributed by atoms with Crippen molar-refractivity contribution in [3.8, 4) is 0 Å². The predicted octanol–water partition coefficient (Wildman–Crippen LogP) is 2.69. The average molecular weight is 266 g/mol. The first kappa shape index (κ1) is 14.8. The Morgan fingerprint density at radius 1 is 1.11 bits per heavy atom. The summed E-state index contributed by atoms with van der Waals surface area (Å²) in [5, 5.41) is 3.18. The second-order valence-corrected chi connectivity index (χ2v) is 7.02. The molecule has 0 aromatic carbocycles. The van der Waals surface area contributed by atoms with E-state index in [1.54, 1.807) is 0 Å². The smallest absolute Gasteiger partial charge is 0.223 e. The summed E-state index contributed by atoms with van der Waals surface area (Å²) in [5.41, 5.74) is 6.08. The highest BCUT2D eigenvalue weighted by molar-refractivity contribution is 5.78. The van der Waals surface area contributed by atoms with Crippen LogP contribution >= 0.6 is 0 Å². The van der Waals surface area contributed by atoms with Crippen molar-refractivity contribution in [2.75, 3.05) is 6.54 Å². The fourth-order valence-corrected chi connectivity index (χ4v) is 3.52. The van der Waals surface area contributed by atoms with Gasteiger partial charge >= 0.3 is 0 Å². The summed E-state index contributed by atoms with van der Waals surface area (Å²) in [7, 11) is 0. The zero-order valence-electron chi connectivity index (χ0n) is 12.5. The number of carbonyl (C=O) groups is 1. The third kappa shape index (κ3) is 4.20. The standard InChI is InChI=1S/C16H30N2O/c1-11-3-6-13(7-4-11)10-18-16(19)14-8-5-12(2)15(17)9-14/h11-15H,3-10,17H2,1-2H3,(H,18,19). The molecule has 1 amide bonds. The van der Waals surface area contributed by atoms with Gasteiger partial charge in [-0.2, -0.15) is 0 Å². The Morgan fingerprint density at radius 3 is 2.42 bits per heavy atom. The van der Waals surface area contributed by atoms with Crippen LogP contribution in [0.15, 0.2) is 0 Å². The lowest BCUT2D eigenvalue weighted by atomic mass is 9.79. The van der Waals surface area contributed by atoms with Crippen LogP contribution in [-0.4, -0.2) is 18.5 Å². The molecule has 0 heterocycles. The molecule has 0 aromatic heterocycles. The van der Waals surface area contributed by atoms with Crippen molar-refractivity contribution in [3.05, 3.63) is 0 Å². The lowest BCUT2D eigenvalue weighted by molar-refractivity contribution is -0.126. The molecule has 19 heavy (non-hydrogen) atoms. The van der Waals surface area contributed by atoms with Gasteiger partial charge in [0.1, 0.15) is 0 Å². The molecular formula is C16H30N2O. The normalized spacial score (nSPS) is 39.8. The van der Waals surface area contributed by atoms with Crippen LogP contribution in [0.3, 0.4) is 0 Å².